The first-order valence-electron chi connectivity index (χ1n) is 5.57. The Morgan fingerprint density at radius 2 is 2.12 bits per heavy atom. The van der Waals surface area contributed by atoms with E-state index < -0.39 is 6.10 Å². The molecule has 0 saturated heterocycles. The van der Waals surface area contributed by atoms with E-state index in [4.69, 9.17) is 16.3 Å². The van der Waals surface area contributed by atoms with Crippen LogP contribution in [0.3, 0.4) is 0 Å². The van der Waals surface area contributed by atoms with Crippen LogP contribution in [-0.2, 0) is 16.0 Å². The summed E-state index contributed by atoms with van der Waals surface area (Å²) in [5, 5.41) is 0. The van der Waals surface area contributed by atoms with Crippen LogP contribution in [0.15, 0.2) is 24.3 Å². The van der Waals surface area contributed by atoms with Crippen LogP contribution in [0.4, 0.5) is 0 Å². The highest BCUT2D eigenvalue weighted by atomic mass is 35.5. The van der Waals surface area contributed by atoms with Gasteiger partial charge >= 0.3 is 5.97 Å². The largest absolute Gasteiger partial charge is 0.479 e. The quantitative estimate of drug-likeness (QED) is 0.580. The van der Waals surface area contributed by atoms with Crippen LogP contribution in [0.2, 0.25) is 0 Å². The fraction of sp³-hybridized carbons (Fsp3) is 0.462. The van der Waals surface area contributed by atoms with Crippen LogP contribution in [0.5, 0.6) is 5.75 Å². The zero-order chi connectivity index (χ0) is 12.7. The van der Waals surface area contributed by atoms with Gasteiger partial charge in [0.1, 0.15) is 5.75 Å². The molecule has 0 fully saturated rings. The van der Waals surface area contributed by atoms with Crippen molar-refractivity contribution >= 4 is 17.6 Å². The van der Waals surface area contributed by atoms with Gasteiger partial charge in [0.15, 0.2) is 6.10 Å². The summed E-state index contributed by atoms with van der Waals surface area (Å²) in [5.41, 5.74) is 1.06. The third kappa shape index (κ3) is 4.27. The number of alkyl halides is 1. The van der Waals surface area contributed by atoms with Gasteiger partial charge in [-0.3, -0.25) is 0 Å². The predicted octanol–water partition coefficient (Wildman–Crippen LogP) is 2.80. The summed E-state index contributed by atoms with van der Waals surface area (Å²) in [6, 6.07) is 7.65. The maximum Gasteiger partial charge on any atom is 0.346 e. The second-order valence-corrected chi connectivity index (χ2v) is 4.06. The molecule has 0 aliphatic carbocycles. The highest BCUT2D eigenvalue weighted by Crippen LogP contribution is 2.21. The van der Waals surface area contributed by atoms with Crippen molar-refractivity contribution in [2.75, 3.05) is 13.0 Å². The lowest BCUT2D eigenvalue weighted by atomic mass is 10.1. The summed E-state index contributed by atoms with van der Waals surface area (Å²) < 4.78 is 10.2. The molecule has 1 atom stereocenters. The monoisotopic (exact) mass is 256 g/mol. The van der Waals surface area contributed by atoms with Crippen molar-refractivity contribution in [2.45, 2.75) is 25.9 Å². The molecule has 0 saturated carbocycles. The van der Waals surface area contributed by atoms with E-state index in [0.29, 0.717) is 5.88 Å². The molecule has 17 heavy (non-hydrogen) atoms. The van der Waals surface area contributed by atoms with Crippen LogP contribution in [0.1, 0.15) is 18.9 Å². The van der Waals surface area contributed by atoms with E-state index >= 15 is 0 Å². The van der Waals surface area contributed by atoms with Crippen molar-refractivity contribution in [2.24, 2.45) is 0 Å². The number of halogens is 1. The fourth-order valence-electron chi connectivity index (χ4n) is 1.49. The number of hydrogen-bond donors (Lipinski definition) is 0. The maximum atomic E-state index is 11.3. The molecule has 94 valence electrons. The third-order valence-corrected chi connectivity index (χ3v) is 2.66. The molecule has 1 rings (SSSR count). The first-order valence-corrected chi connectivity index (χ1v) is 6.11. The molecule has 1 aromatic carbocycles. The molecule has 0 radical (unpaired) electrons. The lowest BCUT2D eigenvalue weighted by Crippen LogP contribution is -2.25. The van der Waals surface area contributed by atoms with Crippen molar-refractivity contribution in [1.82, 2.24) is 0 Å². The second-order valence-electron chi connectivity index (χ2n) is 3.68. The number of hydrogen-bond acceptors (Lipinski definition) is 3. The summed E-state index contributed by atoms with van der Waals surface area (Å²) >= 11 is 5.67. The summed E-state index contributed by atoms with van der Waals surface area (Å²) in [6.45, 7) is 1.67. The van der Waals surface area contributed by atoms with Crippen molar-refractivity contribution < 1.29 is 14.3 Å². The SMILES string of the molecule is COC(=O)C(C)Oc1ccccc1CCCCl. The fourth-order valence-corrected chi connectivity index (χ4v) is 1.62. The van der Waals surface area contributed by atoms with E-state index in [1.165, 1.54) is 7.11 Å². The second kappa shape index (κ2) is 7.17. The first-order chi connectivity index (χ1) is 8.19. The number of aryl methyl sites for hydroxylation is 1. The summed E-state index contributed by atoms with van der Waals surface area (Å²) in [4.78, 5) is 11.3. The summed E-state index contributed by atoms with van der Waals surface area (Å²) in [5.74, 6) is 0.952. The lowest BCUT2D eigenvalue weighted by molar-refractivity contribution is -0.147. The molecule has 1 aromatic rings. The average molecular weight is 257 g/mol. The van der Waals surface area contributed by atoms with Gasteiger partial charge in [-0.2, -0.15) is 0 Å². The number of carbonyl (C=O) groups excluding carboxylic acids is 1. The summed E-state index contributed by atoms with van der Waals surface area (Å²) in [7, 11) is 1.35. The molecule has 0 N–H and O–H groups in total. The van der Waals surface area contributed by atoms with Crippen molar-refractivity contribution in [3.63, 3.8) is 0 Å². The molecule has 1 unspecified atom stereocenters. The molecule has 4 heteroatoms. The molecular weight excluding hydrogens is 240 g/mol. The molecule has 0 aromatic heterocycles. The highest BCUT2D eigenvalue weighted by Gasteiger charge is 2.16. The van der Waals surface area contributed by atoms with E-state index in [0.717, 1.165) is 24.2 Å². The Morgan fingerprint density at radius 3 is 2.76 bits per heavy atom. The topological polar surface area (TPSA) is 35.5 Å². The standard InChI is InChI=1S/C13H17ClO3/c1-10(13(15)16-2)17-12-8-4-3-6-11(12)7-5-9-14/h3-4,6,8,10H,5,7,9H2,1-2H3. The van der Waals surface area contributed by atoms with Gasteiger partial charge in [0.05, 0.1) is 7.11 Å². The third-order valence-electron chi connectivity index (χ3n) is 2.39. The highest BCUT2D eigenvalue weighted by molar-refractivity contribution is 6.17. The average Bonchev–Trinajstić information content (AvgIpc) is 2.36. The van der Waals surface area contributed by atoms with E-state index in [-0.39, 0.29) is 5.97 Å². The van der Waals surface area contributed by atoms with Gasteiger partial charge in [0.2, 0.25) is 0 Å². The van der Waals surface area contributed by atoms with Crippen LogP contribution in [-0.4, -0.2) is 25.1 Å². The Morgan fingerprint density at radius 1 is 1.41 bits per heavy atom. The normalized spacial score (nSPS) is 11.9. The molecule has 0 aliphatic heterocycles. The van der Waals surface area contributed by atoms with Gasteiger partial charge in [-0.05, 0) is 31.4 Å². The molecule has 0 heterocycles. The molecule has 0 amide bonds. The Kier molecular flexibility index (Phi) is 5.84. The van der Waals surface area contributed by atoms with E-state index in [9.17, 15) is 4.79 Å². The minimum atomic E-state index is -0.600. The van der Waals surface area contributed by atoms with E-state index in [2.05, 4.69) is 4.74 Å². The van der Waals surface area contributed by atoms with Gasteiger partial charge in [0, 0.05) is 5.88 Å². The number of methoxy groups -OCH3 is 1. The molecular formula is C13H17ClO3. The van der Waals surface area contributed by atoms with Crippen LogP contribution < -0.4 is 4.74 Å². The van der Waals surface area contributed by atoms with Gasteiger partial charge < -0.3 is 9.47 Å². The number of carbonyl (C=O) groups is 1. The van der Waals surface area contributed by atoms with Crippen molar-refractivity contribution in [1.29, 1.82) is 0 Å². The number of esters is 1. The molecule has 0 bridgehead atoms. The Bertz CT molecular complexity index is 365. The van der Waals surface area contributed by atoms with Crippen molar-refractivity contribution in [3.8, 4) is 5.75 Å². The molecule has 3 nitrogen and oxygen atoms in total. The summed E-state index contributed by atoms with van der Waals surface area (Å²) in [6.07, 6.45) is 1.12. The van der Waals surface area contributed by atoms with Crippen LogP contribution in [0, 0.1) is 0 Å². The first kappa shape index (κ1) is 13.8. The lowest BCUT2D eigenvalue weighted by Gasteiger charge is -2.15. The van der Waals surface area contributed by atoms with Crippen molar-refractivity contribution in [3.05, 3.63) is 29.8 Å². The van der Waals surface area contributed by atoms with Gasteiger partial charge in [0.25, 0.3) is 0 Å². The number of benzene rings is 1. The van der Waals surface area contributed by atoms with E-state index in [1.54, 1.807) is 6.92 Å². The minimum Gasteiger partial charge on any atom is -0.479 e. The number of para-hydroxylation sites is 1. The molecule has 0 aliphatic rings. The van der Waals surface area contributed by atoms with Crippen LogP contribution in [0.25, 0.3) is 0 Å². The molecule has 0 spiro atoms. The van der Waals surface area contributed by atoms with Gasteiger partial charge in [-0.25, -0.2) is 4.79 Å². The predicted molar refractivity (Wildman–Crippen MR) is 67.6 cm³/mol. The minimum absolute atomic E-state index is 0.378. The zero-order valence-electron chi connectivity index (χ0n) is 10.1. The smallest absolute Gasteiger partial charge is 0.346 e. The van der Waals surface area contributed by atoms with Gasteiger partial charge in [-0.15, -0.1) is 11.6 Å². The maximum absolute atomic E-state index is 11.3. The number of rotatable bonds is 6. The van der Waals surface area contributed by atoms with Gasteiger partial charge in [-0.1, -0.05) is 18.2 Å². The zero-order valence-corrected chi connectivity index (χ0v) is 10.9. The Labute approximate surface area is 107 Å². The van der Waals surface area contributed by atoms with Crippen LogP contribution >= 0.6 is 11.6 Å². The Balaban J connectivity index is 2.72. The van der Waals surface area contributed by atoms with E-state index in [1.807, 2.05) is 24.3 Å². The Hall–Kier alpha value is -1.22. The number of ether oxygens (including phenoxy) is 2.